The van der Waals surface area contributed by atoms with Crippen LogP contribution in [0.1, 0.15) is 36.6 Å². The van der Waals surface area contributed by atoms with Crippen molar-refractivity contribution in [2.24, 2.45) is 0 Å². The molecule has 6 rings (SSSR count). The number of aliphatic hydroxyl groups is 1. The first-order valence-electron chi connectivity index (χ1n) is 12.7. The maximum absolute atomic E-state index is 13.6. The fraction of sp³-hybridized carbons (Fsp3) is 0.233. The van der Waals surface area contributed by atoms with Gasteiger partial charge in [0.2, 0.25) is 0 Å². The summed E-state index contributed by atoms with van der Waals surface area (Å²) in [6.45, 7) is 4.41. The maximum Gasteiger partial charge on any atom is 0.301 e. The lowest BCUT2D eigenvalue weighted by Crippen LogP contribution is -2.29. The zero-order valence-corrected chi connectivity index (χ0v) is 22.5. The van der Waals surface area contributed by atoms with Gasteiger partial charge >= 0.3 is 5.91 Å². The summed E-state index contributed by atoms with van der Waals surface area (Å²) in [4.78, 5) is 33.2. The van der Waals surface area contributed by atoms with Gasteiger partial charge in [0.25, 0.3) is 5.78 Å². The summed E-state index contributed by atoms with van der Waals surface area (Å²) < 4.78 is 17.5. The Balaban J connectivity index is 1.50. The second-order valence-electron chi connectivity index (χ2n) is 9.46. The van der Waals surface area contributed by atoms with Crippen LogP contribution in [-0.2, 0) is 16.0 Å². The minimum atomic E-state index is -0.883. The van der Waals surface area contributed by atoms with Crippen LogP contribution in [0, 0.1) is 0 Å². The molecule has 9 heteroatoms. The number of anilines is 1. The number of ether oxygens (including phenoxy) is 3. The third kappa shape index (κ3) is 4.28. The van der Waals surface area contributed by atoms with Crippen molar-refractivity contribution in [3.8, 4) is 17.2 Å². The number of aromatic nitrogens is 1. The average molecular weight is 543 g/mol. The van der Waals surface area contributed by atoms with E-state index in [9.17, 15) is 14.7 Å². The number of thiazole rings is 1. The molecule has 0 aliphatic carbocycles. The minimum Gasteiger partial charge on any atom is -0.507 e. The van der Waals surface area contributed by atoms with Gasteiger partial charge in [-0.25, -0.2) is 4.98 Å². The first kappa shape index (κ1) is 24.9. The van der Waals surface area contributed by atoms with Gasteiger partial charge in [-0.2, -0.15) is 0 Å². The molecule has 1 N–H and O–H groups in total. The number of hydrogen-bond acceptors (Lipinski definition) is 8. The van der Waals surface area contributed by atoms with Crippen molar-refractivity contribution in [3.63, 3.8) is 0 Å². The van der Waals surface area contributed by atoms with Gasteiger partial charge in [-0.05, 0) is 73.5 Å². The van der Waals surface area contributed by atoms with E-state index in [4.69, 9.17) is 14.2 Å². The van der Waals surface area contributed by atoms with Crippen LogP contribution in [0.2, 0.25) is 0 Å². The van der Waals surface area contributed by atoms with E-state index in [1.54, 1.807) is 43.5 Å². The first-order chi connectivity index (χ1) is 18.9. The molecule has 2 aliphatic heterocycles. The van der Waals surface area contributed by atoms with Gasteiger partial charge in [0.1, 0.15) is 29.1 Å². The van der Waals surface area contributed by atoms with Crippen LogP contribution >= 0.6 is 11.3 Å². The Bertz CT molecular complexity index is 1640. The second-order valence-corrected chi connectivity index (χ2v) is 10.5. The van der Waals surface area contributed by atoms with Gasteiger partial charge in [-0.15, -0.1) is 0 Å². The molecule has 0 spiro atoms. The first-order valence-corrected chi connectivity index (χ1v) is 13.5. The number of benzene rings is 3. The quantitative estimate of drug-likeness (QED) is 0.191. The van der Waals surface area contributed by atoms with E-state index in [1.165, 1.54) is 16.2 Å². The molecule has 1 saturated heterocycles. The van der Waals surface area contributed by atoms with Gasteiger partial charge in [-0.1, -0.05) is 23.5 Å². The van der Waals surface area contributed by atoms with E-state index in [2.05, 4.69) is 4.98 Å². The van der Waals surface area contributed by atoms with Crippen LogP contribution in [0.25, 0.3) is 16.0 Å². The summed E-state index contributed by atoms with van der Waals surface area (Å²) in [5.41, 5.74) is 2.73. The molecule has 198 valence electrons. The Morgan fingerprint density at radius 2 is 1.87 bits per heavy atom. The highest BCUT2D eigenvalue weighted by Gasteiger charge is 2.48. The summed E-state index contributed by atoms with van der Waals surface area (Å²) >= 11 is 1.29. The zero-order valence-electron chi connectivity index (χ0n) is 21.6. The van der Waals surface area contributed by atoms with Crippen molar-refractivity contribution < 1.29 is 28.9 Å². The largest absolute Gasteiger partial charge is 0.507 e. The van der Waals surface area contributed by atoms with Gasteiger partial charge in [0.15, 0.2) is 5.13 Å². The highest BCUT2D eigenvalue weighted by atomic mass is 32.1. The molecular formula is C30H26N2O6S. The number of ketones is 1. The fourth-order valence-electron chi connectivity index (χ4n) is 5.11. The zero-order chi connectivity index (χ0) is 27.3. The minimum absolute atomic E-state index is 0.00587. The van der Waals surface area contributed by atoms with Crippen LogP contribution in [-0.4, -0.2) is 41.6 Å². The van der Waals surface area contributed by atoms with Crippen molar-refractivity contribution >= 4 is 44.1 Å². The molecule has 2 aliphatic rings. The van der Waals surface area contributed by atoms with Crippen molar-refractivity contribution in [2.75, 3.05) is 18.6 Å². The van der Waals surface area contributed by atoms with Crippen LogP contribution in [0.5, 0.6) is 17.2 Å². The SMILES string of the molecule is CCOc1ccc2nc(N3C(=O)C(=O)/C(=C(\O)c4ccc5c(c4)CC(C)O5)C3c3ccc(OC)cc3)sc2c1. The number of rotatable bonds is 6. The van der Waals surface area contributed by atoms with E-state index < -0.39 is 17.7 Å². The monoisotopic (exact) mass is 542 g/mol. The molecule has 39 heavy (non-hydrogen) atoms. The topological polar surface area (TPSA) is 98.2 Å². The predicted molar refractivity (Wildman–Crippen MR) is 149 cm³/mol. The molecule has 1 fully saturated rings. The van der Waals surface area contributed by atoms with Gasteiger partial charge in [0.05, 0.1) is 35.5 Å². The summed E-state index contributed by atoms with van der Waals surface area (Å²) in [6.07, 6.45) is 0.729. The van der Waals surface area contributed by atoms with E-state index in [1.807, 2.05) is 38.1 Å². The van der Waals surface area contributed by atoms with Gasteiger partial charge in [0, 0.05) is 12.0 Å². The molecule has 3 heterocycles. The number of aliphatic hydroxyl groups excluding tert-OH is 1. The normalized spacial score (nSPS) is 19.8. The van der Waals surface area contributed by atoms with Crippen LogP contribution in [0.15, 0.2) is 66.2 Å². The lowest BCUT2D eigenvalue weighted by molar-refractivity contribution is -0.132. The third-order valence-electron chi connectivity index (χ3n) is 6.91. The maximum atomic E-state index is 13.6. The van der Waals surface area contributed by atoms with Crippen LogP contribution in [0.3, 0.4) is 0 Å². The van der Waals surface area contributed by atoms with Crippen molar-refractivity contribution in [1.29, 1.82) is 0 Å². The smallest absolute Gasteiger partial charge is 0.301 e. The Hall–Kier alpha value is -4.37. The molecule has 2 unspecified atom stereocenters. The lowest BCUT2D eigenvalue weighted by atomic mass is 9.94. The second kappa shape index (κ2) is 9.74. The van der Waals surface area contributed by atoms with Crippen LogP contribution in [0.4, 0.5) is 5.13 Å². The molecular weight excluding hydrogens is 516 g/mol. The van der Waals surface area contributed by atoms with Crippen molar-refractivity contribution in [3.05, 3.63) is 82.9 Å². The number of nitrogens with zero attached hydrogens (tertiary/aromatic N) is 2. The Kier molecular flexibility index (Phi) is 6.23. The molecule has 0 saturated carbocycles. The average Bonchev–Trinajstić information content (AvgIpc) is 3.60. The fourth-order valence-corrected chi connectivity index (χ4v) is 6.13. The van der Waals surface area contributed by atoms with E-state index in [-0.39, 0.29) is 17.4 Å². The molecule has 1 aromatic heterocycles. The van der Waals surface area contributed by atoms with Gasteiger partial charge < -0.3 is 19.3 Å². The van der Waals surface area contributed by atoms with Crippen molar-refractivity contribution in [2.45, 2.75) is 32.4 Å². The summed E-state index contributed by atoms with van der Waals surface area (Å²) in [6, 6.07) is 17.0. The van der Waals surface area contributed by atoms with E-state index >= 15 is 0 Å². The van der Waals surface area contributed by atoms with Crippen molar-refractivity contribution in [1.82, 2.24) is 4.98 Å². The third-order valence-corrected chi connectivity index (χ3v) is 7.93. The lowest BCUT2D eigenvalue weighted by Gasteiger charge is -2.23. The highest BCUT2D eigenvalue weighted by Crippen LogP contribution is 2.45. The molecule has 0 bridgehead atoms. The summed E-state index contributed by atoms with van der Waals surface area (Å²) in [5.74, 6) is 0.328. The summed E-state index contributed by atoms with van der Waals surface area (Å²) in [5, 5.41) is 11.9. The Labute approximate surface area is 229 Å². The standard InChI is InChI=1S/C30H26N2O6S/c1-4-37-21-10-11-22-24(15-21)39-30(31-22)32-26(17-5-8-20(36-3)9-6-17)25(28(34)29(32)35)27(33)18-7-12-23-19(14-18)13-16(2)38-23/h5-12,14-16,26,33H,4,13H2,1-3H3/b27-25-. The molecule has 2 atom stereocenters. The Morgan fingerprint density at radius 1 is 1.10 bits per heavy atom. The number of carbonyl (C=O) groups is 2. The summed E-state index contributed by atoms with van der Waals surface area (Å²) in [7, 11) is 1.57. The number of amides is 1. The number of Topliss-reactive ketones (excluding diaryl/α,β-unsaturated/α-hetero) is 1. The van der Waals surface area contributed by atoms with Crippen LogP contribution < -0.4 is 19.1 Å². The van der Waals surface area contributed by atoms with Gasteiger partial charge in [-0.3, -0.25) is 14.5 Å². The number of methoxy groups -OCH3 is 1. The number of fused-ring (bicyclic) bond motifs is 2. The van der Waals surface area contributed by atoms with E-state index in [0.717, 1.165) is 16.0 Å². The number of carbonyl (C=O) groups excluding carboxylic acids is 2. The molecule has 8 nitrogen and oxygen atoms in total. The molecule has 4 aromatic rings. The Morgan fingerprint density at radius 3 is 2.62 bits per heavy atom. The predicted octanol–water partition coefficient (Wildman–Crippen LogP) is 5.65. The highest BCUT2D eigenvalue weighted by molar-refractivity contribution is 7.22. The number of hydrogen-bond donors (Lipinski definition) is 1. The molecule has 1 amide bonds. The molecule has 0 radical (unpaired) electrons. The van der Waals surface area contributed by atoms with E-state index in [0.29, 0.717) is 46.3 Å². The molecule has 3 aromatic carbocycles.